The van der Waals surface area contributed by atoms with E-state index in [1.54, 1.807) is 0 Å². The molecule has 3 heterocycles. The fraction of sp³-hybridized carbons (Fsp3) is 0.522. The zero-order valence-electron chi connectivity index (χ0n) is 16.6. The second-order valence-electron chi connectivity index (χ2n) is 8.45. The molecule has 1 aromatic heterocycles. The molecule has 2 saturated heterocycles. The number of amides is 1. The summed E-state index contributed by atoms with van der Waals surface area (Å²) in [5.41, 5.74) is 3.61. The molecule has 1 N–H and O–H groups in total. The number of carbonyl (C=O) groups excluding carboxylic acids is 1. The predicted molar refractivity (Wildman–Crippen MR) is 109 cm³/mol. The molecule has 2 aliphatic heterocycles. The molecule has 1 spiro atoms. The molecule has 4 heteroatoms. The van der Waals surface area contributed by atoms with Crippen molar-refractivity contribution in [3.63, 3.8) is 0 Å². The zero-order chi connectivity index (χ0) is 18.9. The molecule has 1 amide bonds. The van der Waals surface area contributed by atoms with Crippen molar-refractivity contribution in [2.75, 3.05) is 32.7 Å². The van der Waals surface area contributed by atoms with E-state index in [0.29, 0.717) is 11.3 Å². The Morgan fingerprint density at radius 1 is 1.19 bits per heavy atom. The van der Waals surface area contributed by atoms with E-state index in [1.165, 1.54) is 18.5 Å². The number of nitrogens with one attached hydrogen (secondary N) is 1. The van der Waals surface area contributed by atoms with Gasteiger partial charge in [0.1, 0.15) is 0 Å². The number of likely N-dealkylation sites (N-methyl/N-ethyl adjacent to an activating group) is 1. The lowest BCUT2D eigenvalue weighted by molar-refractivity contribution is 0.0158. The highest BCUT2D eigenvalue weighted by molar-refractivity contribution is 5.95. The molecule has 1 aromatic carbocycles. The maximum Gasteiger partial charge on any atom is 0.255 e. The minimum atomic E-state index is 0.186. The number of likely N-dealkylation sites (tertiary alicyclic amines) is 2. The minimum Gasteiger partial charge on any atom is -0.365 e. The van der Waals surface area contributed by atoms with Crippen LogP contribution in [0.2, 0.25) is 0 Å². The van der Waals surface area contributed by atoms with Crippen LogP contribution in [-0.4, -0.2) is 53.4 Å². The summed E-state index contributed by atoms with van der Waals surface area (Å²) in [6.07, 6.45) is 5.33. The van der Waals surface area contributed by atoms with Gasteiger partial charge in [0, 0.05) is 38.1 Å². The maximum atomic E-state index is 12.9. The van der Waals surface area contributed by atoms with Crippen molar-refractivity contribution in [3.05, 3.63) is 59.4 Å². The van der Waals surface area contributed by atoms with Gasteiger partial charge in [0.15, 0.2) is 0 Å². The normalized spacial score (nSPS) is 22.9. The highest BCUT2D eigenvalue weighted by Crippen LogP contribution is 2.45. The van der Waals surface area contributed by atoms with E-state index < -0.39 is 0 Å². The molecule has 1 unspecified atom stereocenters. The van der Waals surface area contributed by atoms with E-state index >= 15 is 0 Å². The van der Waals surface area contributed by atoms with Gasteiger partial charge in [-0.3, -0.25) is 4.79 Å². The number of nitrogens with zero attached hydrogens (tertiary/aromatic N) is 2. The number of H-pyrrole nitrogens is 1. The topological polar surface area (TPSA) is 39.3 Å². The summed E-state index contributed by atoms with van der Waals surface area (Å²) < 4.78 is 0. The Hall–Kier alpha value is -2.07. The third-order valence-corrected chi connectivity index (χ3v) is 6.73. The number of hydrogen-bond acceptors (Lipinski definition) is 2. The van der Waals surface area contributed by atoms with Gasteiger partial charge in [0.05, 0.1) is 5.56 Å². The number of piperidine rings is 2. The SMILES string of the molecule is CCN1CC(c2ccccc2)CC2(CCN(C(=O)c3cc[nH]c3C)CC2)C1. The van der Waals surface area contributed by atoms with E-state index in [9.17, 15) is 4.79 Å². The molecule has 1 atom stereocenters. The molecule has 2 aliphatic rings. The summed E-state index contributed by atoms with van der Waals surface area (Å²) in [7, 11) is 0. The summed E-state index contributed by atoms with van der Waals surface area (Å²) in [4.78, 5) is 20.7. The molecule has 144 valence electrons. The minimum absolute atomic E-state index is 0.186. The summed E-state index contributed by atoms with van der Waals surface area (Å²) >= 11 is 0. The Morgan fingerprint density at radius 2 is 1.93 bits per heavy atom. The quantitative estimate of drug-likeness (QED) is 0.891. The molecule has 4 rings (SSSR count). The summed E-state index contributed by atoms with van der Waals surface area (Å²) in [6.45, 7) is 9.45. The molecule has 2 fully saturated rings. The fourth-order valence-corrected chi connectivity index (χ4v) is 5.09. The Balaban J connectivity index is 1.47. The molecule has 0 bridgehead atoms. The van der Waals surface area contributed by atoms with Crippen molar-refractivity contribution in [2.45, 2.75) is 39.0 Å². The van der Waals surface area contributed by atoms with Gasteiger partial charge in [-0.05, 0) is 55.7 Å². The van der Waals surface area contributed by atoms with Crippen LogP contribution < -0.4 is 0 Å². The lowest BCUT2D eigenvalue weighted by Crippen LogP contribution is -2.52. The lowest BCUT2D eigenvalue weighted by atomic mass is 9.68. The molecule has 27 heavy (non-hydrogen) atoms. The van der Waals surface area contributed by atoms with Crippen LogP contribution in [0.1, 0.15) is 53.7 Å². The van der Waals surface area contributed by atoms with Gasteiger partial charge >= 0.3 is 0 Å². The summed E-state index contributed by atoms with van der Waals surface area (Å²) in [5.74, 6) is 0.792. The van der Waals surface area contributed by atoms with Crippen LogP contribution in [0.3, 0.4) is 0 Å². The van der Waals surface area contributed by atoms with Crippen LogP contribution >= 0.6 is 0 Å². The molecule has 0 saturated carbocycles. The lowest BCUT2D eigenvalue weighted by Gasteiger charge is -2.50. The Morgan fingerprint density at radius 3 is 2.56 bits per heavy atom. The molecule has 2 aromatic rings. The third-order valence-electron chi connectivity index (χ3n) is 6.73. The number of aryl methyl sites for hydroxylation is 1. The van der Waals surface area contributed by atoms with E-state index in [4.69, 9.17) is 0 Å². The monoisotopic (exact) mass is 365 g/mol. The first kappa shape index (κ1) is 18.3. The smallest absolute Gasteiger partial charge is 0.255 e. The number of rotatable bonds is 3. The largest absolute Gasteiger partial charge is 0.365 e. The van der Waals surface area contributed by atoms with Crippen molar-refractivity contribution < 1.29 is 4.79 Å². The van der Waals surface area contributed by atoms with Crippen LogP contribution in [-0.2, 0) is 0 Å². The van der Waals surface area contributed by atoms with Gasteiger partial charge in [-0.25, -0.2) is 0 Å². The average molecular weight is 366 g/mol. The van der Waals surface area contributed by atoms with Gasteiger partial charge in [-0.2, -0.15) is 0 Å². The van der Waals surface area contributed by atoms with Crippen LogP contribution in [0.5, 0.6) is 0 Å². The van der Waals surface area contributed by atoms with Gasteiger partial charge in [0.25, 0.3) is 5.91 Å². The van der Waals surface area contributed by atoms with Gasteiger partial charge in [0.2, 0.25) is 0 Å². The molecular formula is C23H31N3O. The molecule has 0 radical (unpaired) electrons. The van der Waals surface area contributed by atoms with Crippen molar-refractivity contribution >= 4 is 5.91 Å². The predicted octanol–water partition coefficient (Wildman–Crippen LogP) is 4.05. The first-order valence-electron chi connectivity index (χ1n) is 10.3. The fourth-order valence-electron chi connectivity index (χ4n) is 5.09. The third kappa shape index (κ3) is 3.68. The van der Waals surface area contributed by atoms with E-state index in [-0.39, 0.29) is 5.91 Å². The number of benzene rings is 1. The van der Waals surface area contributed by atoms with Crippen LogP contribution in [0.25, 0.3) is 0 Å². The number of carbonyl (C=O) groups is 1. The average Bonchev–Trinajstić information content (AvgIpc) is 3.14. The highest BCUT2D eigenvalue weighted by atomic mass is 16.2. The number of aromatic amines is 1. The number of aromatic nitrogens is 1. The van der Waals surface area contributed by atoms with Crippen LogP contribution in [0.4, 0.5) is 0 Å². The standard InChI is InChI=1S/C23H31N3O/c1-3-25-16-20(19-7-5-4-6-8-19)15-23(17-25)10-13-26(14-11-23)22(27)21-9-12-24-18(21)2/h4-9,12,20,24H,3,10-11,13-17H2,1-2H3. The van der Waals surface area contributed by atoms with E-state index in [1.807, 2.05) is 19.2 Å². The number of hydrogen-bond donors (Lipinski definition) is 1. The first-order valence-corrected chi connectivity index (χ1v) is 10.3. The second-order valence-corrected chi connectivity index (χ2v) is 8.45. The Bertz CT molecular complexity index is 774. The van der Waals surface area contributed by atoms with Crippen molar-refractivity contribution in [1.82, 2.24) is 14.8 Å². The van der Waals surface area contributed by atoms with Gasteiger partial charge in [-0.15, -0.1) is 0 Å². The van der Waals surface area contributed by atoms with Crippen molar-refractivity contribution in [3.8, 4) is 0 Å². The van der Waals surface area contributed by atoms with Gasteiger partial charge in [-0.1, -0.05) is 37.3 Å². The molecular weight excluding hydrogens is 334 g/mol. The summed E-state index contributed by atoms with van der Waals surface area (Å²) in [5, 5.41) is 0. The van der Waals surface area contributed by atoms with Crippen molar-refractivity contribution in [1.29, 1.82) is 0 Å². The Labute approximate surface area is 162 Å². The van der Waals surface area contributed by atoms with Crippen LogP contribution in [0, 0.1) is 12.3 Å². The second kappa shape index (κ2) is 7.51. The first-order chi connectivity index (χ1) is 13.1. The van der Waals surface area contributed by atoms with Gasteiger partial charge < -0.3 is 14.8 Å². The summed E-state index contributed by atoms with van der Waals surface area (Å²) in [6, 6.07) is 12.9. The van der Waals surface area contributed by atoms with Crippen LogP contribution in [0.15, 0.2) is 42.6 Å². The van der Waals surface area contributed by atoms with E-state index in [0.717, 1.165) is 50.3 Å². The van der Waals surface area contributed by atoms with E-state index in [2.05, 4.69) is 52.0 Å². The highest BCUT2D eigenvalue weighted by Gasteiger charge is 2.42. The molecule has 0 aliphatic carbocycles. The molecule has 4 nitrogen and oxygen atoms in total. The zero-order valence-corrected chi connectivity index (χ0v) is 16.6. The Kier molecular flexibility index (Phi) is 5.09. The maximum absolute atomic E-state index is 12.9. The van der Waals surface area contributed by atoms with Crippen molar-refractivity contribution in [2.24, 2.45) is 5.41 Å².